The molecule has 2 aromatic carbocycles. The summed E-state index contributed by atoms with van der Waals surface area (Å²) in [4.78, 5) is 22.3. The molecular weight excluding hydrogens is 435 g/mol. The molecule has 0 aliphatic heterocycles. The number of aromatic nitrogens is 1. The van der Waals surface area contributed by atoms with Crippen LogP contribution in [0.25, 0.3) is 22.2 Å². The molecule has 3 rings (SSSR count). The molecule has 0 aliphatic carbocycles. The number of halogens is 1. The number of carbonyl (C=O) groups excluding carboxylic acids is 1. The van der Waals surface area contributed by atoms with Crippen LogP contribution in [0.15, 0.2) is 42.5 Å². The van der Waals surface area contributed by atoms with Gasteiger partial charge in [0.2, 0.25) is 5.91 Å². The molecular formula is C18H15IN2O4. The average Bonchev–Trinajstić information content (AvgIpc) is 2.77. The lowest BCUT2D eigenvalue weighted by Gasteiger charge is -2.09. The molecule has 1 heterocycles. The van der Waals surface area contributed by atoms with Gasteiger partial charge in [0.1, 0.15) is 12.2 Å². The highest BCUT2D eigenvalue weighted by Gasteiger charge is 2.16. The number of anilines is 1. The van der Waals surface area contributed by atoms with Crippen molar-refractivity contribution in [2.45, 2.75) is 6.42 Å². The third-order valence-corrected chi connectivity index (χ3v) is 4.95. The first-order valence-electron chi connectivity index (χ1n) is 7.46. The van der Waals surface area contributed by atoms with E-state index in [1.165, 1.54) is 0 Å². The summed E-state index contributed by atoms with van der Waals surface area (Å²) >= 11 is 2.26. The number of phenols is 1. The Bertz CT molecular complexity index is 994. The average molecular weight is 450 g/mol. The van der Waals surface area contributed by atoms with Crippen molar-refractivity contribution in [3.05, 3.63) is 46.0 Å². The van der Waals surface area contributed by atoms with Crippen LogP contribution in [0.4, 0.5) is 5.69 Å². The van der Waals surface area contributed by atoms with Crippen molar-refractivity contribution < 1.29 is 19.8 Å². The summed E-state index contributed by atoms with van der Waals surface area (Å²) in [5, 5.41) is 22.0. The molecule has 0 unspecified atom stereocenters. The van der Waals surface area contributed by atoms with Gasteiger partial charge in [0.25, 0.3) is 0 Å². The number of benzene rings is 2. The number of nitrogens with zero attached hydrogens (tertiary/aromatic N) is 1. The largest absolute Gasteiger partial charge is 0.508 e. The van der Waals surface area contributed by atoms with Crippen LogP contribution in [0, 0.1) is 3.57 Å². The van der Waals surface area contributed by atoms with Gasteiger partial charge in [-0.2, -0.15) is 0 Å². The van der Waals surface area contributed by atoms with E-state index in [1.807, 2.05) is 23.7 Å². The fourth-order valence-corrected chi connectivity index (χ4v) is 3.91. The standard InChI is InChI=1S/C18H15IN2O4/c1-21-14-8-12(22)5-6-13(14)17(19)18(21)10-3-2-4-11(7-10)20-15(23)9-16(24)25/h2-8,22H,9H2,1H3,(H,20,23)(H,24,25). The van der Waals surface area contributed by atoms with Crippen molar-refractivity contribution in [1.82, 2.24) is 4.57 Å². The van der Waals surface area contributed by atoms with Crippen molar-refractivity contribution in [1.29, 1.82) is 0 Å². The van der Waals surface area contributed by atoms with Gasteiger partial charge in [0.05, 0.1) is 11.2 Å². The van der Waals surface area contributed by atoms with E-state index in [2.05, 4.69) is 27.9 Å². The summed E-state index contributed by atoms with van der Waals surface area (Å²) in [6.07, 6.45) is -0.574. The normalized spacial score (nSPS) is 10.8. The molecule has 25 heavy (non-hydrogen) atoms. The number of aromatic hydroxyl groups is 1. The molecule has 0 atom stereocenters. The van der Waals surface area contributed by atoms with E-state index in [4.69, 9.17) is 5.11 Å². The highest BCUT2D eigenvalue weighted by atomic mass is 127. The van der Waals surface area contributed by atoms with Crippen LogP contribution >= 0.6 is 22.6 Å². The number of rotatable bonds is 4. The number of hydrogen-bond donors (Lipinski definition) is 3. The fraction of sp³-hybridized carbons (Fsp3) is 0.111. The third-order valence-electron chi connectivity index (χ3n) is 3.85. The molecule has 128 valence electrons. The van der Waals surface area contributed by atoms with E-state index in [9.17, 15) is 14.7 Å². The van der Waals surface area contributed by atoms with Gasteiger partial charge in [-0.05, 0) is 46.9 Å². The van der Waals surface area contributed by atoms with E-state index >= 15 is 0 Å². The number of aryl methyl sites for hydroxylation is 1. The van der Waals surface area contributed by atoms with Crippen molar-refractivity contribution in [2.75, 3.05) is 5.32 Å². The second-order valence-corrected chi connectivity index (χ2v) is 6.70. The van der Waals surface area contributed by atoms with Gasteiger partial charge in [-0.25, -0.2) is 0 Å². The van der Waals surface area contributed by atoms with Crippen molar-refractivity contribution in [3.63, 3.8) is 0 Å². The number of carboxylic acids is 1. The summed E-state index contributed by atoms with van der Waals surface area (Å²) in [5.74, 6) is -1.54. The summed E-state index contributed by atoms with van der Waals surface area (Å²) in [5.41, 5.74) is 3.28. The first-order valence-corrected chi connectivity index (χ1v) is 8.53. The predicted octanol–water partition coefficient (Wildman–Crippen LogP) is 3.57. The molecule has 0 fully saturated rings. The van der Waals surface area contributed by atoms with E-state index in [-0.39, 0.29) is 5.75 Å². The van der Waals surface area contributed by atoms with Gasteiger partial charge in [0.15, 0.2) is 0 Å². The quantitative estimate of drug-likeness (QED) is 0.419. The number of aliphatic carboxylic acids is 1. The zero-order valence-electron chi connectivity index (χ0n) is 13.3. The highest BCUT2D eigenvalue weighted by molar-refractivity contribution is 14.1. The smallest absolute Gasteiger partial charge is 0.312 e. The van der Waals surface area contributed by atoms with Crippen LogP contribution in [-0.4, -0.2) is 26.7 Å². The number of hydrogen-bond acceptors (Lipinski definition) is 3. The topological polar surface area (TPSA) is 91.6 Å². The lowest BCUT2D eigenvalue weighted by molar-refractivity contribution is -0.139. The van der Waals surface area contributed by atoms with E-state index in [0.717, 1.165) is 25.7 Å². The molecule has 1 amide bonds. The van der Waals surface area contributed by atoms with E-state index in [1.54, 1.807) is 30.3 Å². The SMILES string of the molecule is Cn1c(-c2cccc(NC(=O)CC(=O)O)c2)c(I)c2ccc(O)cc21. The van der Waals surface area contributed by atoms with Crippen LogP contribution in [0.3, 0.4) is 0 Å². The monoisotopic (exact) mass is 450 g/mol. The van der Waals surface area contributed by atoms with Crippen LogP contribution in [0.5, 0.6) is 5.75 Å². The molecule has 0 bridgehead atoms. The molecule has 3 aromatic rings. The van der Waals surface area contributed by atoms with Crippen molar-refractivity contribution in [2.24, 2.45) is 7.05 Å². The second-order valence-electron chi connectivity index (χ2n) is 5.62. The van der Waals surface area contributed by atoms with Crippen molar-refractivity contribution >= 4 is 51.1 Å². The van der Waals surface area contributed by atoms with Crippen molar-refractivity contribution in [3.8, 4) is 17.0 Å². The summed E-state index contributed by atoms with van der Waals surface area (Å²) < 4.78 is 3.01. The first kappa shape index (κ1) is 17.3. The van der Waals surface area contributed by atoms with Crippen LogP contribution in [0.2, 0.25) is 0 Å². The molecule has 7 heteroatoms. The Hall–Kier alpha value is -2.55. The van der Waals surface area contributed by atoms with Crippen LogP contribution in [-0.2, 0) is 16.6 Å². The van der Waals surface area contributed by atoms with Gasteiger partial charge in [-0.15, -0.1) is 0 Å². The zero-order chi connectivity index (χ0) is 18.1. The zero-order valence-corrected chi connectivity index (χ0v) is 15.4. The lowest BCUT2D eigenvalue weighted by atomic mass is 10.1. The van der Waals surface area contributed by atoms with Gasteiger partial charge in [-0.1, -0.05) is 12.1 Å². The van der Waals surface area contributed by atoms with Gasteiger partial charge in [-0.3, -0.25) is 9.59 Å². The molecule has 1 aromatic heterocycles. The Kier molecular flexibility index (Phi) is 4.67. The first-order chi connectivity index (χ1) is 11.9. The predicted molar refractivity (Wildman–Crippen MR) is 104 cm³/mol. The Morgan fingerprint density at radius 1 is 1.20 bits per heavy atom. The maximum absolute atomic E-state index is 11.7. The fourth-order valence-electron chi connectivity index (χ4n) is 2.79. The second kappa shape index (κ2) is 6.75. The molecule has 0 aliphatic rings. The van der Waals surface area contributed by atoms with Gasteiger partial charge >= 0.3 is 5.97 Å². The minimum Gasteiger partial charge on any atom is -0.508 e. The van der Waals surface area contributed by atoms with Crippen LogP contribution in [0.1, 0.15) is 6.42 Å². The number of carboxylic acid groups (broad SMARTS) is 1. The van der Waals surface area contributed by atoms with E-state index in [0.29, 0.717) is 5.69 Å². The third kappa shape index (κ3) is 3.46. The summed E-state index contributed by atoms with van der Waals surface area (Å²) in [6.45, 7) is 0. The molecule has 0 spiro atoms. The minimum absolute atomic E-state index is 0.200. The highest BCUT2D eigenvalue weighted by Crippen LogP contribution is 2.36. The van der Waals surface area contributed by atoms with Gasteiger partial charge < -0.3 is 20.1 Å². The number of carbonyl (C=O) groups is 2. The van der Waals surface area contributed by atoms with Gasteiger partial charge in [0, 0.05) is 33.3 Å². The number of nitrogens with one attached hydrogen (secondary N) is 1. The number of fused-ring (bicyclic) bond motifs is 1. The molecule has 3 N–H and O–H groups in total. The Balaban J connectivity index is 2.03. The molecule has 0 saturated heterocycles. The Labute approximate surface area is 157 Å². The maximum Gasteiger partial charge on any atom is 0.312 e. The van der Waals surface area contributed by atoms with Crippen LogP contribution < -0.4 is 5.32 Å². The summed E-state index contributed by atoms with van der Waals surface area (Å²) in [6, 6.07) is 12.5. The Morgan fingerprint density at radius 3 is 2.68 bits per heavy atom. The summed E-state index contributed by atoms with van der Waals surface area (Å²) in [7, 11) is 1.91. The lowest BCUT2D eigenvalue weighted by Crippen LogP contribution is -2.15. The molecule has 0 radical (unpaired) electrons. The minimum atomic E-state index is -1.17. The Morgan fingerprint density at radius 2 is 1.96 bits per heavy atom. The molecule has 6 nitrogen and oxygen atoms in total. The number of phenolic OH excluding ortho intramolecular Hbond substituents is 1. The number of amides is 1. The maximum atomic E-state index is 11.7. The molecule has 0 saturated carbocycles. The van der Waals surface area contributed by atoms with E-state index < -0.39 is 18.3 Å².